The van der Waals surface area contributed by atoms with E-state index in [-0.39, 0.29) is 0 Å². The van der Waals surface area contributed by atoms with Gasteiger partial charge in [0.15, 0.2) is 0 Å². The van der Waals surface area contributed by atoms with Crippen LogP contribution < -0.4 is 0 Å². The van der Waals surface area contributed by atoms with E-state index in [4.69, 9.17) is 5.26 Å². The Morgan fingerprint density at radius 2 is 2.25 bits per heavy atom. The van der Waals surface area contributed by atoms with Crippen LogP contribution in [0.5, 0.6) is 0 Å². The van der Waals surface area contributed by atoms with Crippen molar-refractivity contribution in [2.45, 2.75) is 12.8 Å². The van der Waals surface area contributed by atoms with Gasteiger partial charge in [-0.15, -0.1) is 0 Å². The zero-order chi connectivity index (χ0) is 12.2. The molecule has 92 valence electrons. The van der Waals surface area contributed by atoms with Crippen LogP contribution in [0.4, 0.5) is 0 Å². The molecule has 0 amide bonds. The van der Waals surface area contributed by atoms with E-state index in [2.05, 4.69) is 6.07 Å². The summed E-state index contributed by atoms with van der Waals surface area (Å²) in [4.78, 5) is 1.94. The molecular formula is C10H19N3O2S. The van der Waals surface area contributed by atoms with Crippen LogP contribution in [0.1, 0.15) is 12.8 Å². The van der Waals surface area contributed by atoms with Gasteiger partial charge < -0.3 is 0 Å². The molecule has 0 spiro atoms. The summed E-state index contributed by atoms with van der Waals surface area (Å²) in [7, 11) is -1.17. The molecule has 1 aliphatic rings. The van der Waals surface area contributed by atoms with Gasteiger partial charge >= 0.3 is 0 Å². The predicted molar refractivity (Wildman–Crippen MR) is 62.3 cm³/mol. The Morgan fingerprint density at radius 1 is 1.56 bits per heavy atom. The van der Waals surface area contributed by atoms with Crippen molar-refractivity contribution in [1.82, 2.24) is 9.21 Å². The smallest absolute Gasteiger partial charge is 0.211 e. The molecule has 1 atom stereocenters. The fraction of sp³-hybridized carbons (Fsp3) is 0.900. The molecule has 0 radical (unpaired) electrons. The topological polar surface area (TPSA) is 64.4 Å². The molecule has 0 aromatic carbocycles. The van der Waals surface area contributed by atoms with Gasteiger partial charge in [-0.05, 0) is 25.8 Å². The Bertz CT molecular complexity index is 361. The second-order valence-corrected chi connectivity index (χ2v) is 6.47. The van der Waals surface area contributed by atoms with Crippen LogP contribution in [0.2, 0.25) is 0 Å². The fourth-order valence-corrected chi connectivity index (χ4v) is 3.05. The zero-order valence-corrected chi connectivity index (χ0v) is 10.7. The minimum Gasteiger partial charge on any atom is -0.293 e. The summed E-state index contributed by atoms with van der Waals surface area (Å²) in [5.74, 6) is 0.349. The predicted octanol–water partition coefficient (Wildman–Crippen LogP) is 0.113. The number of sulfonamides is 1. The lowest BCUT2D eigenvalue weighted by Crippen LogP contribution is -2.42. The summed E-state index contributed by atoms with van der Waals surface area (Å²) >= 11 is 0. The molecule has 0 N–H and O–H groups in total. The van der Waals surface area contributed by atoms with E-state index in [0.29, 0.717) is 25.6 Å². The highest BCUT2D eigenvalue weighted by molar-refractivity contribution is 7.88. The highest BCUT2D eigenvalue weighted by atomic mass is 32.2. The first-order valence-corrected chi connectivity index (χ1v) is 7.29. The highest BCUT2D eigenvalue weighted by Crippen LogP contribution is 2.19. The quantitative estimate of drug-likeness (QED) is 0.660. The van der Waals surface area contributed by atoms with Gasteiger partial charge in [-0.2, -0.15) is 5.26 Å². The molecular weight excluding hydrogens is 226 g/mol. The van der Waals surface area contributed by atoms with Gasteiger partial charge in [0.1, 0.15) is 0 Å². The first-order chi connectivity index (χ1) is 7.43. The molecule has 1 aliphatic heterocycles. The Morgan fingerprint density at radius 3 is 2.81 bits per heavy atom. The Kier molecular flexibility index (Phi) is 4.71. The van der Waals surface area contributed by atoms with Gasteiger partial charge in [-0.3, -0.25) is 4.90 Å². The van der Waals surface area contributed by atoms with Gasteiger partial charge in [-0.25, -0.2) is 12.7 Å². The number of hydrogen-bond acceptors (Lipinski definition) is 4. The summed E-state index contributed by atoms with van der Waals surface area (Å²) in [5.41, 5.74) is 0. The third-order valence-electron chi connectivity index (χ3n) is 2.86. The molecule has 16 heavy (non-hydrogen) atoms. The van der Waals surface area contributed by atoms with Crippen LogP contribution in [0.25, 0.3) is 0 Å². The monoisotopic (exact) mass is 245 g/mol. The average molecular weight is 245 g/mol. The average Bonchev–Trinajstić information content (AvgIpc) is 2.17. The van der Waals surface area contributed by atoms with E-state index in [1.807, 2.05) is 11.9 Å². The van der Waals surface area contributed by atoms with E-state index < -0.39 is 10.0 Å². The molecule has 0 aliphatic carbocycles. The number of hydrogen-bond donors (Lipinski definition) is 0. The van der Waals surface area contributed by atoms with Crippen molar-refractivity contribution in [1.29, 1.82) is 5.26 Å². The Balaban J connectivity index is 2.49. The standard InChI is InChI=1S/C10H19N3O2S/c1-12(7-5-11)8-10-4-3-6-13(9-10)16(2,14)15/h10H,3-4,6-9H2,1-2H3. The zero-order valence-electron chi connectivity index (χ0n) is 9.89. The summed E-state index contributed by atoms with van der Waals surface area (Å²) in [6.45, 7) is 2.42. The van der Waals surface area contributed by atoms with Gasteiger partial charge in [0.2, 0.25) is 10.0 Å². The lowest BCUT2D eigenvalue weighted by molar-refractivity contribution is 0.211. The van der Waals surface area contributed by atoms with Crippen LogP contribution in [-0.2, 0) is 10.0 Å². The van der Waals surface area contributed by atoms with Crippen molar-refractivity contribution >= 4 is 10.0 Å². The summed E-state index contributed by atoms with van der Waals surface area (Å²) in [6.07, 6.45) is 3.22. The van der Waals surface area contributed by atoms with E-state index in [1.165, 1.54) is 6.26 Å². The maximum absolute atomic E-state index is 11.4. The molecule has 1 unspecified atom stereocenters. The van der Waals surface area contributed by atoms with Crippen molar-refractivity contribution in [3.05, 3.63) is 0 Å². The molecule has 0 saturated carbocycles. The molecule has 0 aromatic heterocycles. The van der Waals surface area contributed by atoms with E-state index in [0.717, 1.165) is 19.4 Å². The lowest BCUT2D eigenvalue weighted by atomic mass is 9.99. The summed E-state index contributed by atoms with van der Waals surface area (Å²) in [5, 5.41) is 8.55. The molecule has 0 aromatic rings. The van der Waals surface area contributed by atoms with Gasteiger partial charge in [0, 0.05) is 19.6 Å². The SMILES string of the molecule is CN(CC#N)CC1CCCN(S(C)(=O)=O)C1. The van der Waals surface area contributed by atoms with Crippen LogP contribution >= 0.6 is 0 Å². The minimum absolute atomic E-state index is 0.349. The molecule has 1 saturated heterocycles. The van der Waals surface area contributed by atoms with E-state index in [9.17, 15) is 8.42 Å². The fourth-order valence-electron chi connectivity index (χ4n) is 2.10. The van der Waals surface area contributed by atoms with Crippen LogP contribution in [0, 0.1) is 17.2 Å². The first-order valence-electron chi connectivity index (χ1n) is 5.44. The van der Waals surface area contributed by atoms with E-state index in [1.54, 1.807) is 4.31 Å². The largest absolute Gasteiger partial charge is 0.293 e. The van der Waals surface area contributed by atoms with Crippen molar-refractivity contribution < 1.29 is 8.42 Å². The number of rotatable bonds is 4. The second-order valence-electron chi connectivity index (χ2n) is 4.48. The van der Waals surface area contributed by atoms with E-state index >= 15 is 0 Å². The van der Waals surface area contributed by atoms with Crippen molar-refractivity contribution in [2.24, 2.45) is 5.92 Å². The number of nitrogens with zero attached hydrogens (tertiary/aromatic N) is 3. The van der Waals surface area contributed by atoms with Crippen LogP contribution in [-0.4, -0.2) is 57.1 Å². The third kappa shape index (κ3) is 4.08. The first kappa shape index (κ1) is 13.4. The van der Waals surface area contributed by atoms with Crippen LogP contribution in [0.15, 0.2) is 0 Å². The number of piperidine rings is 1. The Hall–Kier alpha value is -0.640. The van der Waals surface area contributed by atoms with Gasteiger partial charge in [0.25, 0.3) is 0 Å². The third-order valence-corrected chi connectivity index (χ3v) is 4.13. The van der Waals surface area contributed by atoms with Crippen molar-refractivity contribution in [3.63, 3.8) is 0 Å². The minimum atomic E-state index is -3.06. The van der Waals surface area contributed by atoms with Crippen molar-refractivity contribution in [2.75, 3.05) is 39.5 Å². The second kappa shape index (κ2) is 5.62. The van der Waals surface area contributed by atoms with Gasteiger partial charge in [-0.1, -0.05) is 0 Å². The van der Waals surface area contributed by atoms with Gasteiger partial charge in [0.05, 0.1) is 18.9 Å². The summed E-state index contributed by atoms with van der Waals surface area (Å²) in [6, 6.07) is 2.09. The normalized spacial score (nSPS) is 23.2. The molecule has 1 heterocycles. The summed E-state index contributed by atoms with van der Waals surface area (Å²) < 4.78 is 24.3. The molecule has 5 nitrogen and oxygen atoms in total. The maximum Gasteiger partial charge on any atom is 0.211 e. The van der Waals surface area contributed by atoms with Crippen LogP contribution in [0.3, 0.4) is 0 Å². The highest BCUT2D eigenvalue weighted by Gasteiger charge is 2.26. The number of nitriles is 1. The van der Waals surface area contributed by atoms with Crippen molar-refractivity contribution in [3.8, 4) is 6.07 Å². The molecule has 1 fully saturated rings. The Labute approximate surface area is 97.7 Å². The molecule has 0 bridgehead atoms. The maximum atomic E-state index is 11.4. The molecule has 1 rings (SSSR count). The molecule has 6 heteroatoms. The lowest BCUT2D eigenvalue weighted by Gasteiger charge is -2.32.